The lowest BCUT2D eigenvalue weighted by atomic mass is 10.1. The predicted octanol–water partition coefficient (Wildman–Crippen LogP) is 0.950. The summed E-state index contributed by atoms with van der Waals surface area (Å²) in [5, 5.41) is 6.24. The molecular weight excluding hydrogens is 221 g/mol. The van der Waals surface area contributed by atoms with E-state index in [4.69, 9.17) is 0 Å². The number of hydrogen-bond donors (Lipinski definition) is 2. The smallest absolute Gasteiger partial charge is 0.275 e. The number of rotatable bonds is 1. The summed E-state index contributed by atoms with van der Waals surface area (Å²) in [7, 11) is 0. The monoisotopic (exact) mass is 233 g/mol. The van der Waals surface area contributed by atoms with E-state index in [1.807, 2.05) is 0 Å². The Kier molecular flexibility index (Phi) is 2.33. The van der Waals surface area contributed by atoms with Crippen LogP contribution in [-0.4, -0.2) is 16.3 Å². The van der Waals surface area contributed by atoms with Gasteiger partial charge in [-0.3, -0.25) is 9.89 Å². The van der Waals surface area contributed by atoms with E-state index in [1.165, 1.54) is 16.8 Å². The Labute approximate surface area is 97.1 Å². The highest BCUT2D eigenvalue weighted by molar-refractivity contribution is 5.33. The van der Waals surface area contributed by atoms with Gasteiger partial charge in [-0.15, -0.1) is 0 Å². The zero-order chi connectivity index (χ0) is 11.8. The van der Waals surface area contributed by atoms with Gasteiger partial charge < -0.3 is 5.32 Å². The maximum atomic E-state index is 12.8. The van der Waals surface area contributed by atoms with Gasteiger partial charge in [0, 0.05) is 25.2 Å². The third-order valence-corrected chi connectivity index (χ3v) is 3.01. The molecule has 17 heavy (non-hydrogen) atoms. The quantitative estimate of drug-likeness (QED) is 0.770. The zero-order valence-corrected chi connectivity index (χ0v) is 9.16. The Morgan fingerprint density at radius 1 is 1.24 bits per heavy atom. The van der Waals surface area contributed by atoms with E-state index in [9.17, 15) is 9.18 Å². The van der Waals surface area contributed by atoms with Crippen molar-refractivity contribution in [1.82, 2.24) is 15.1 Å². The topological polar surface area (TPSA) is 49.8 Å². The second-order valence-electron chi connectivity index (χ2n) is 4.11. The van der Waals surface area contributed by atoms with Crippen molar-refractivity contribution in [1.29, 1.82) is 0 Å². The van der Waals surface area contributed by atoms with Crippen molar-refractivity contribution < 1.29 is 4.39 Å². The summed E-state index contributed by atoms with van der Waals surface area (Å²) < 4.78 is 14.3. The number of nitrogens with zero attached hydrogens (tertiary/aromatic N) is 1. The fourth-order valence-electron chi connectivity index (χ4n) is 2.11. The highest BCUT2D eigenvalue weighted by Gasteiger charge is 2.17. The maximum Gasteiger partial charge on any atom is 0.275 e. The lowest BCUT2D eigenvalue weighted by molar-refractivity contribution is 0.626. The number of H-pyrrole nitrogens is 1. The number of aromatic amines is 1. The molecule has 1 aromatic carbocycles. The van der Waals surface area contributed by atoms with Crippen molar-refractivity contribution in [2.24, 2.45) is 0 Å². The Morgan fingerprint density at radius 3 is 2.71 bits per heavy atom. The van der Waals surface area contributed by atoms with Crippen LogP contribution in [-0.2, 0) is 13.0 Å². The summed E-state index contributed by atoms with van der Waals surface area (Å²) in [6, 6.07) is 5.87. The van der Waals surface area contributed by atoms with Crippen molar-refractivity contribution in [2.45, 2.75) is 13.0 Å². The predicted molar refractivity (Wildman–Crippen MR) is 61.8 cm³/mol. The molecule has 5 heteroatoms. The Hall–Kier alpha value is -1.88. The van der Waals surface area contributed by atoms with E-state index in [0.29, 0.717) is 12.2 Å². The molecule has 0 atom stereocenters. The number of fused-ring (bicyclic) bond motifs is 1. The van der Waals surface area contributed by atoms with Gasteiger partial charge in [0.05, 0.1) is 11.3 Å². The molecule has 88 valence electrons. The third kappa shape index (κ3) is 1.68. The molecule has 0 spiro atoms. The first-order valence-electron chi connectivity index (χ1n) is 5.55. The van der Waals surface area contributed by atoms with E-state index >= 15 is 0 Å². The van der Waals surface area contributed by atoms with E-state index in [0.717, 1.165) is 24.2 Å². The molecule has 4 nitrogen and oxygen atoms in total. The number of benzene rings is 1. The summed E-state index contributed by atoms with van der Waals surface area (Å²) in [6.45, 7) is 1.47. The van der Waals surface area contributed by atoms with Crippen molar-refractivity contribution in [3.63, 3.8) is 0 Å². The van der Waals surface area contributed by atoms with Crippen LogP contribution in [0.3, 0.4) is 0 Å². The summed E-state index contributed by atoms with van der Waals surface area (Å²) >= 11 is 0. The number of hydrogen-bond acceptors (Lipinski definition) is 2. The van der Waals surface area contributed by atoms with Crippen LogP contribution in [0.5, 0.6) is 0 Å². The SMILES string of the molecule is O=c1c2c([nH]n1-c1ccc(F)cc1)CCNC2. The van der Waals surface area contributed by atoms with Crippen molar-refractivity contribution in [2.75, 3.05) is 6.54 Å². The molecule has 2 N–H and O–H groups in total. The molecule has 2 aromatic rings. The van der Waals surface area contributed by atoms with Gasteiger partial charge in [-0.25, -0.2) is 9.07 Å². The molecule has 1 aliphatic heterocycles. The molecule has 0 saturated carbocycles. The Bertz CT molecular complexity index is 597. The molecule has 0 radical (unpaired) electrons. The average molecular weight is 233 g/mol. The van der Waals surface area contributed by atoms with Crippen LogP contribution in [0.15, 0.2) is 29.1 Å². The molecular formula is C12H12FN3O. The minimum absolute atomic E-state index is 0.0567. The van der Waals surface area contributed by atoms with Crippen molar-refractivity contribution >= 4 is 0 Å². The van der Waals surface area contributed by atoms with Gasteiger partial charge in [-0.2, -0.15) is 0 Å². The highest BCUT2D eigenvalue weighted by Crippen LogP contribution is 2.11. The first-order valence-corrected chi connectivity index (χ1v) is 5.55. The van der Waals surface area contributed by atoms with E-state index in [-0.39, 0.29) is 11.4 Å². The summed E-state index contributed by atoms with van der Waals surface area (Å²) in [6.07, 6.45) is 0.818. The molecule has 3 rings (SSSR count). The van der Waals surface area contributed by atoms with E-state index < -0.39 is 0 Å². The van der Waals surface area contributed by atoms with Gasteiger partial charge in [0.2, 0.25) is 0 Å². The fourth-order valence-corrected chi connectivity index (χ4v) is 2.11. The van der Waals surface area contributed by atoms with Crippen molar-refractivity contribution in [3.05, 3.63) is 51.7 Å². The lowest BCUT2D eigenvalue weighted by Crippen LogP contribution is -2.27. The van der Waals surface area contributed by atoms with E-state index in [1.54, 1.807) is 12.1 Å². The van der Waals surface area contributed by atoms with Crippen LogP contribution in [0.4, 0.5) is 4.39 Å². The molecule has 0 saturated heterocycles. The lowest BCUT2D eigenvalue weighted by Gasteiger charge is -2.09. The molecule has 2 heterocycles. The van der Waals surface area contributed by atoms with Gasteiger partial charge in [-0.05, 0) is 24.3 Å². The van der Waals surface area contributed by atoms with Crippen LogP contribution >= 0.6 is 0 Å². The largest absolute Gasteiger partial charge is 0.312 e. The Balaban J connectivity index is 2.12. The minimum atomic E-state index is -0.306. The van der Waals surface area contributed by atoms with Crippen molar-refractivity contribution in [3.8, 4) is 5.69 Å². The normalized spacial score (nSPS) is 14.6. The maximum absolute atomic E-state index is 12.8. The Morgan fingerprint density at radius 2 is 2.00 bits per heavy atom. The number of aromatic nitrogens is 2. The minimum Gasteiger partial charge on any atom is -0.312 e. The van der Waals surface area contributed by atoms with Gasteiger partial charge in [0.15, 0.2) is 0 Å². The van der Waals surface area contributed by atoms with Crippen LogP contribution in [0.25, 0.3) is 5.69 Å². The van der Waals surface area contributed by atoms with Crippen LogP contribution in [0, 0.1) is 5.82 Å². The molecule has 0 fully saturated rings. The second-order valence-corrected chi connectivity index (χ2v) is 4.11. The zero-order valence-electron chi connectivity index (χ0n) is 9.16. The third-order valence-electron chi connectivity index (χ3n) is 3.01. The van der Waals surface area contributed by atoms with Gasteiger partial charge in [0.25, 0.3) is 5.56 Å². The molecule has 0 amide bonds. The molecule has 1 aliphatic rings. The first kappa shape index (κ1) is 10.3. The first-order chi connectivity index (χ1) is 8.25. The molecule has 0 unspecified atom stereocenters. The highest BCUT2D eigenvalue weighted by atomic mass is 19.1. The molecule has 1 aromatic heterocycles. The van der Waals surface area contributed by atoms with Crippen LogP contribution in [0.1, 0.15) is 11.3 Å². The average Bonchev–Trinajstić information content (AvgIpc) is 2.69. The summed E-state index contributed by atoms with van der Waals surface area (Å²) in [5.74, 6) is -0.306. The van der Waals surface area contributed by atoms with Gasteiger partial charge in [-0.1, -0.05) is 0 Å². The second kappa shape index (κ2) is 3.85. The number of halogens is 1. The summed E-state index contributed by atoms with van der Waals surface area (Å²) in [4.78, 5) is 12.1. The standard InChI is InChI=1S/C12H12FN3O/c13-8-1-3-9(4-2-8)16-12(17)10-7-14-6-5-11(10)15-16/h1-4,14-15H,5-7H2. The van der Waals surface area contributed by atoms with Gasteiger partial charge in [0.1, 0.15) is 5.82 Å². The van der Waals surface area contributed by atoms with Crippen LogP contribution in [0.2, 0.25) is 0 Å². The summed E-state index contributed by atoms with van der Waals surface area (Å²) in [5.41, 5.74) is 2.35. The fraction of sp³-hybridized carbons (Fsp3) is 0.250. The molecule has 0 bridgehead atoms. The van der Waals surface area contributed by atoms with E-state index in [2.05, 4.69) is 10.4 Å². The van der Waals surface area contributed by atoms with Crippen LogP contribution < -0.4 is 10.9 Å². The molecule has 0 aliphatic carbocycles. The number of nitrogens with one attached hydrogen (secondary N) is 2. The van der Waals surface area contributed by atoms with Gasteiger partial charge >= 0.3 is 0 Å².